The quantitative estimate of drug-likeness (QED) is 0.581. The summed E-state index contributed by atoms with van der Waals surface area (Å²) in [4.78, 5) is 14.3. The summed E-state index contributed by atoms with van der Waals surface area (Å²) < 4.78 is 30.9. The van der Waals surface area contributed by atoms with Crippen LogP contribution < -0.4 is 0 Å². The minimum absolute atomic E-state index is 0.0827. The van der Waals surface area contributed by atoms with Crippen LogP contribution in [0.3, 0.4) is 0 Å². The summed E-state index contributed by atoms with van der Waals surface area (Å²) in [5, 5.41) is 13.5. The van der Waals surface area contributed by atoms with Crippen molar-refractivity contribution in [2.45, 2.75) is 30.8 Å². The fraction of sp³-hybridized carbons (Fsp3) is 0.364. The molecule has 1 fully saturated rings. The molecule has 1 amide bonds. The molecule has 0 aliphatic carbocycles. The fourth-order valence-corrected chi connectivity index (χ4v) is 5.19. The molecule has 1 aliphatic heterocycles. The number of carbonyl (C=O) groups excluding carboxylic acids is 1. The Kier molecular flexibility index (Phi) is 6.79. The first-order chi connectivity index (χ1) is 15.5. The second kappa shape index (κ2) is 9.90. The molecule has 0 spiro atoms. The highest BCUT2D eigenvalue weighted by Crippen LogP contribution is 2.24. The lowest BCUT2D eigenvalue weighted by atomic mass is 9.95. The molecule has 3 aromatic rings. The predicted molar refractivity (Wildman–Crippen MR) is 117 cm³/mol. The van der Waals surface area contributed by atoms with E-state index in [1.807, 2.05) is 30.3 Å². The van der Waals surface area contributed by atoms with Gasteiger partial charge in [0.25, 0.3) is 0 Å². The number of amides is 1. The van der Waals surface area contributed by atoms with Crippen molar-refractivity contribution in [2.75, 3.05) is 18.8 Å². The second-order valence-electron chi connectivity index (χ2n) is 7.85. The van der Waals surface area contributed by atoms with Gasteiger partial charge in [-0.05, 0) is 65.4 Å². The van der Waals surface area contributed by atoms with Gasteiger partial charge in [-0.15, -0.1) is 5.10 Å². The number of sulfone groups is 1. The van der Waals surface area contributed by atoms with Gasteiger partial charge in [0.05, 0.1) is 10.6 Å². The Hall–Kier alpha value is -3.27. The maximum Gasteiger partial charge on any atom is 0.410 e. The van der Waals surface area contributed by atoms with E-state index in [4.69, 9.17) is 4.74 Å². The molecular weight excluding hydrogens is 430 g/mol. The summed E-state index contributed by atoms with van der Waals surface area (Å²) in [6.45, 7) is 1.42. The first kappa shape index (κ1) is 21.9. The lowest BCUT2D eigenvalue weighted by Gasteiger charge is -2.31. The Bertz CT molecular complexity index is 1110. The molecule has 1 aromatic heterocycles. The summed E-state index contributed by atoms with van der Waals surface area (Å²) in [6.07, 6.45) is 1.80. The number of piperidine rings is 1. The van der Waals surface area contributed by atoms with Crippen LogP contribution in [0.2, 0.25) is 0 Å². The zero-order chi connectivity index (χ0) is 22.4. The molecule has 1 N–H and O–H groups in total. The van der Waals surface area contributed by atoms with Gasteiger partial charge in [-0.25, -0.2) is 18.3 Å². The lowest BCUT2D eigenvalue weighted by molar-refractivity contribution is 0.0820. The number of H-pyrrole nitrogens is 1. The van der Waals surface area contributed by atoms with Crippen molar-refractivity contribution < 1.29 is 17.9 Å². The maximum atomic E-state index is 12.7. The Morgan fingerprint density at radius 1 is 1.06 bits per heavy atom. The fourth-order valence-electron chi connectivity index (χ4n) is 3.76. The van der Waals surface area contributed by atoms with Gasteiger partial charge in [0.2, 0.25) is 0 Å². The third-order valence-corrected chi connectivity index (χ3v) is 7.47. The van der Waals surface area contributed by atoms with Crippen LogP contribution in [0, 0.1) is 5.92 Å². The first-order valence-electron chi connectivity index (χ1n) is 10.5. The lowest BCUT2D eigenvalue weighted by Crippen LogP contribution is -2.39. The number of aromatic nitrogens is 4. The number of hydrogen-bond acceptors (Lipinski definition) is 7. The molecule has 4 rings (SSSR count). The van der Waals surface area contributed by atoms with E-state index >= 15 is 0 Å². The van der Waals surface area contributed by atoms with Gasteiger partial charge in [-0.1, -0.05) is 30.3 Å². The van der Waals surface area contributed by atoms with E-state index in [0.29, 0.717) is 25.3 Å². The van der Waals surface area contributed by atoms with Gasteiger partial charge in [0.15, 0.2) is 15.7 Å². The van der Waals surface area contributed by atoms with E-state index in [1.54, 1.807) is 29.2 Å². The number of nitrogens with zero attached hydrogens (tertiary/aromatic N) is 4. The van der Waals surface area contributed by atoms with Crippen molar-refractivity contribution >= 4 is 15.9 Å². The number of aromatic amines is 1. The minimum Gasteiger partial charge on any atom is -0.445 e. The van der Waals surface area contributed by atoms with Crippen LogP contribution in [0.15, 0.2) is 59.5 Å². The number of benzene rings is 2. The molecule has 2 heterocycles. The molecule has 32 heavy (non-hydrogen) atoms. The zero-order valence-electron chi connectivity index (χ0n) is 17.6. The van der Waals surface area contributed by atoms with Crippen LogP contribution in [0.5, 0.6) is 0 Å². The van der Waals surface area contributed by atoms with Crippen LogP contribution in [0.4, 0.5) is 4.79 Å². The average molecular weight is 456 g/mol. The average Bonchev–Trinajstić information content (AvgIpc) is 3.37. The highest BCUT2D eigenvalue weighted by atomic mass is 32.2. The number of tetrazole rings is 1. The number of nitrogens with one attached hydrogen (secondary N) is 1. The van der Waals surface area contributed by atoms with Crippen LogP contribution >= 0.6 is 0 Å². The molecular formula is C22H25N5O4S. The van der Waals surface area contributed by atoms with Crippen molar-refractivity contribution in [3.8, 4) is 11.4 Å². The van der Waals surface area contributed by atoms with Gasteiger partial charge in [-0.2, -0.15) is 0 Å². The number of likely N-dealkylation sites (tertiary alicyclic amines) is 1. The third-order valence-electron chi connectivity index (χ3n) is 5.70. The highest BCUT2D eigenvalue weighted by Gasteiger charge is 2.25. The molecule has 168 valence electrons. The molecule has 2 aromatic carbocycles. The van der Waals surface area contributed by atoms with Crippen LogP contribution in [0.25, 0.3) is 11.4 Å². The second-order valence-corrected chi connectivity index (χ2v) is 9.96. The number of carbonyl (C=O) groups is 1. The van der Waals surface area contributed by atoms with Crippen LogP contribution in [-0.4, -0.2) is 58.9 Å². The number of hydrogen-bond donors (Lipinski definition) is 1. The standard InChI is InChI=1S/C22H25N5O4S/c28-22(31-16-18-4-2-1-3-5-18)27-13-10-17(11-14-27)12-15-32(29,30)20-8-6-19(7-9-20)21-23-25-26-24-21/h1-9,17H,10-16H2,(H,23,24,25,26). The van der Waals surface area contributed by atoms with E-state index in [0.717, 1.165) is 24.0 Å². The number of ether oxygens (including phenoxy) is 1. The molecule has 10 heteroatoms. The molecule has 0 radical (unpaired) electrons. The molecule has 0 saturated carbocycles. The number of rotatable bonds is 7. The van der Waals surface area contributed by atoms with Crippen molar-refractivity contribution in [3.05, 3.63) is 60.2 Å². The van der Waals surface area contributed by atoms with Gasteiger partial charge in [0, 0.05) is 18.7 Å². The normalized spacial score (nSPS) is 14.9. The van der Waals surface area contributed by atoms with Crippen LogP contribution in [-0.2, 0) is 21.2 Å². The van der Waals surface area contributed by atoms with E-state index in [9.17, 15) is 13.2 Å². The smallest absolute Gasteiger partial charge is 0.410 e. The molecule has 9 nitrogen and oxygen atoms in total. The zero-order valence-corrected chi connectivity index (χ0v) is 18.4. The van der Waals surface area contributed by atoms with Gasteiger partial charge >= 0.3 is 6.09 Å². The summed E-state index contributed by atoms with van der Waals surface area (Å²) in [7, 11) is -3.38. The van der Waals surface area contributed by atoms with Crippen molar-refractivity contribution in [1.29, 1.82) is 0 Å². The summed E-state index contributed by atoms with van der Waals surface area (Å²) in [5.41, 5.74) is 1.67. The van der Waals surface area contributed by atoms with E-state index in [2.05, 4.69) is 20.6 Å². The monoisotopic (exact) mass is 455 g/mol. The Morgan fingerprint density at radius 3 is 2.44 bits per heavy atom. The van der Waals surface area contributed by atoms with E-state index in [1.165, 1.54) is 0 Å². The van der Waals surface area contributed by atoms with Crippen molar-refractivity contribution in [1.82, 2.24) is 25.5 Å². The van der Waals surface area contributed by atoms with E-state index < -0.39 is 9.84 Å². The van der Waals surface area contributed by atoms with Gasteiger partial charge in [-0.3, -0.25) is 0 Å². The molecule has 1 aliphatic rings. The summed E-state index contributed by atoms with van der Waals surface area (Å²) >= 11 is 0. The van der Waals surface area contributed by atoms with E-state index in [-0.39, 0.29) is 29.3 Å². The van der Waals surface area contributed by atoms with Gasteiger partial charge in [0.1, 0.15) is 6.61 Å². The molecule has 0 atom stereocenters. The Balaban J connectivity index is 1.23. The van der Waals surface area contributed by atoms with Crippen molar-refractivity contribution in [2.24, 2.45) is 5.92 Å². The van der Waals surface area contributed by atoms with Gasteiger partial charge < -0.3 is 9.64 Å². The predicted octanol–water partition coefficient (Wildman–Crippen LogP) is 3.08. The molecule has 1 saturated heterocycles. The minimum atomic E-state index is -3.38. The third kappa shape index (κ3) is 5.50. The molecule has 0 bridgehead atoms. The SMILES string of the molecule is O=C(OCc1ccccc1)N1CCC(CCS(=O)(=O)c2ccc(-c3nnn[nH]3)cc2)CC1. The van der Waals surface area contributed by atoms with Crippen LogP contribution in [0.1, 0.15) is 24.8 Å². The summed E-state index contributed by atoms with van der Waals surface area (Å²) in [6, 6.07) is 16.1. The topological polar surface area (TPSA) is 118 Å². The maximum absolute atomic E-state index is 12.7. The Morgan fingerprint density at radius 2 is 1.78 bits per heavy atom. The van der Waals surface area contributed by atoms with Crippen molar-refractivity contribution in [3.63, 3.8) is 0 Å². The largest absolute Gasteiger partial charge is 0.445 e. The Labute approximate surface area is 186 Å². The molecule has 0 unspecified atom stereocenters. The first-order valence-corrected chi connectivity index (χ1v) is 12.2. The highest BCUT2D eigenvalue weighted by molar-refractivity contribution is 7.91. The summed E-state index contributed by atoms with van der Waals surface area (Å²) in [5.74, 6) is 0.838.